The van der Waals surface area contributed by atoms with E-state index in [1.54, 1.807) is 20.8 Å². The number of ether oxygens (including phenoxy) is 1. The maximum atomic E-state index is 12.1. The van der Waals surface area contributed by atoms with E-state index in [0.717, 1.165) is 0 Å². The first kappa shape index (κ1) is 19.7. The van der Waals surface area contributed by atoms with Crippen molar-refractivity contribution in [1.29, 1.82) is 0 Å². The largest absolute Gasteiger partial charge is 0.444 e. The molecule has 0 bridgehead atoms. The normalized spacial score (nSPS) is 21.9. The number of rotatable bonds is 6. The summed E-state index contributed by atoms with van der Waals surface area (Å²) in [6, 6.07) is 0. The number of aliphatic hydroxyl groups excluding tert-OH is 1. The molecule has 0 aromatic rings. The fraction of sp³-hybridized carbons (Fsp3) is 0.875. The number of hydrogen-bond acceptors (Lipinski definition) is 5. The van der Waals surface area contributed by atoms with E-state index in [1.807, 2.05) is 0 Å². The quantitative estimate of drug-likeness (QED) is 0.632. The Morgan fingerprint density at radius 3 is 2.61 bits per heavy atom. The molecule has 7 nitrogen and oxygen atoms in total. The molecule has 134 valence electrons. The smallest absolute Gasteiger partial charge is 0.410 e. The summed E-state index contributed by atoms with van der Waals surface area (Å²) in [6.07, 6.45) is 1.95. The van der Waals surface area contributed by atoms with Crippen LogP contribution in [0.25, 0.3) is 0 Å². The van der Waals surface area contributed by atoms with Crippen molar-refractivity contribution < 1.29 is 24.5 Å². The first-order valence-electron chi connectivity index (χ1n) is 8.23. The third-order valence-electron chi connectivity index (χ3n) is 3.60. The van der Waals surface area contributed by atoms with E-state index in [-0.39, 0.29) is 25.5 Å². The predicted molar refractivity (Wildman–Crippen MR) is 85.9 cm³/mol. The van der Waals surface area contributed by atoms with E-state index < -0.39 is 17.3 Å². The Morgan fingerprint density at radius 2 is 2.00 bits per heavy atom. The molecule has 3 N–H and O–H groups in total. The van der Waals surface area contributed by atoms with Gasteiger partial charge >= 0.3 is 6.09 Å². The highest BCUT2D eigenvalue weighted by atomic mass is 16.6. The van der Waals surface area contributed by atoms with Gasteiger partial charge in [0.05, 0.1) is 18.6 Å². The second kappa shape index (κ2) is 8.49. The zero-order valence-corrected chi connectivity index (χ0v) is 14.4. The van der Waals surface area contributed by atoms with E-state index in [0.29, 0.717) is 38.8 Å². The Kier molecular flexibility index (Phi) is 7.28. The molecule has 23 heavy (non-hydrogen) atoms. The zero-order chi connectivity index (χ0) is 17.5. The molecule has 0 saturated carbocycles. The maximum absolute atomic E-state index is 12.1. The Bertz CT molecular complexity index is 408. The highest BCUT2D eigenvalue weighted by Gasteiger charge is 2.38. The number of amides is 2. The minimum atomic E-state index is -1.21. The van der Waals surface area contributed by atoms with Crippen LogP contribution < -0.4 is 5.32 Å². The molecule has 0 aromatic heterocycles. The van der Waals surface area contributed by atoms with Gasteiger partial charge in [-0.25, -0.2) is 4.79 Å². The van der Waals surface area contributed by atoms with Crippen molar-refractivity contribution in [2.75, 3.05) is 26.2 Å². The second-order valence-corrected chi connectivity index (χ2v) is 7.19. The molecule has 7 heteroatoms. The maximum Gasteiger partial charge on any atom is 0.410 e. The Labute approximate surface area is 138 Å². The number of carbonyl (C=O) groups is 2. The fourth-order valence-electron chi connectivity index (χ4n) is 2.56. The van der Waals surface area contributed by atoms with Crippen LogP contribution in [-0.2, 0) is 9.53 Å². The lowest BCUT2D eigenvalue weighted by molar-refractivity contribution is -0.128. The average molecular weight is 330 g/mol. The Balaban J connectivity index is 2.48. The lowest BCUT2D eigenvalue weighted by atomic mass is 9.89. The van der Waals surface area contributed by atoms with Gasteiger partial charge in [-0.3, -0.25) is 4.79 Å². The van der Waals surface area contributed by atoms with Gasteiger partial charge in [0.25, 0.3) is 0 Å². The van der Waals surface area contributed by atoms with Gasteiger partial charge in [0.2, 0.25) is 5.91 Å². The standard InChI is InChI=1S/C16H30N2O5/c1-15(2,3)23-14(21)18-9-6-7-16(22,12-18)11-13(20)17-8-4-5-10-19/h19,22H,4-12H2,1-3H3,(H,17,20)/t16-/m0/s1. The van der Waals surface area contributed by atoms with Crippen molar-refractivity contribution in [3.8, 4) is 0 Å². The summed E-state index contributed by atoms with van der Waals surface area (Å²) in [6.45, 7) is 6.58. The van der Waals surface area contributed by atoms with Gasteiger partial charge < -0.3 is 25.2 Å². The molecule has 1 fully saturated rings. The molecule has 0 spiro atoms. The van der Waals surface area contributed by atoms with Crippen LogP contribution in [-0.4, -0.2) is 64.6 Å². The van der Waals surface area contributed by atoms with Gasteiger partial charge in [-0.2, -0.15) is 0 Å². The van der Waals surface area contributed by atoms with Crippen LogP contribution >= 0.6 is 0 Å². The number of aliphatic hydroxyl groups is 2. The van der Waals surface area contributed by atoms with Gasteiger partial charge in [0, 0.05) is 19.7 Å². The molecule has 0 radical (unpaired) electrons. The molecule has 1 saturated heterocycles. The number of nitrogens with zero attached hydrogens (tertiary/aromatic N) is 1. The second-order valence-electron chi connectivity index (χ2n) is 7.19. The number of likely N-dealkylation sites (tertiary alicyclic amines) is 1. The lowest BCUT2D eigenvalue weighted by Crippen LogP contribution is -2.53. The van der Waals surface area contributed by atoms with Crippen molar-refractivity contribution >= 4 is 12.0 Å². The van der Waals surface area contributed by atoms with E-state index >= 15 is 0 Å². The summed E-state index contributed by atoms with van der Waals surface area (Å²) in [5, 5.41) is 22.0. The number of β-amino-alcohol motifs (C(OH)–C–C–N with tert-alkyl or cyclic N) is 1. The van der Waals surface area contributed by atoms with Gasteiger partial charge in [-0.1, -0.05) is 0 Å². The highest BCUT2D eigenvalue weighted by molar-refractivity contribution is 5.77. The predicted octanol–water partition coefficient (Wildman–Crippen LogP) is 1.03. The summed E-state index contributed by atoms with van der Waals surface area (Å²) in [5.74, 6) is -0.239. The highest BCUT2D eigenvalue weighted by Crippen LogP contribution is 2.25. The van der Waals surface area contributed by atoms with Crippen molar-refractivity contribution in [3.05, 3.63) is 0 Å². The van der Waals surface area contributed by atoms with E-state index in [1.165, 1.54) is 4.90 Å². The molecular weight excluding hydrogens is 300 g/mol. The van der Waals surface area contributed by atoms with E-state index in [2.05, 4.69) is 5.32 Å². The zero-order valence-electron chi connectivity index (χ0n) is 14.4. The summed E-state index contributed by atoms with van der Waals surface area (Å²) in [7, 11) is 0. The third-order valence-corrected chi connectivity index (χ3v) is 3.60. The molecule has 1 heterocycles. The number of nitrogens with one attached hydrogen (secondary N) is 1. The monoisotopic (exact) mass is 330 g/mol. The lowest BCUT2D eigenvalue weighted by Gasteiger charge is -2.39. The number of unbranched alkanes of at least 4 members (excludes halogenated alkanes) is 1. The van der Waals surface area contributed by atoms with Crippen LogP contribution in [0.4, 0.5) is 4.79 Å². The Morgan fingerprint density at radius 1 is 1.30 bits per heavy atom. The van der Waals surface area contributed by atoms with Crippen LogP contribution in [0.5, 0.6) is 0 Å². The molecule has 0 aliphatic carbocycles. The minimum absolute atomic E-state index is 0.0363. The van der Waals surface area contributed by atoms with Gasteiger partial charge in [0.15, 0.2) is 0 Å². The molecular formula is C16H30N2O5. The number of carbonyl (C=O) groups excluding carboxylic acids is 2. The fourth-order valence-corrected chi connectivity index (χ4v) is 2.56. The summed E-state index contributed by atoms with van der Waals surface area (Å²) in [4.78, 5) is 25.5. The van der Waals surface area contributed by atoms with Crippen molar-refractivity contribution in [2.24, 2.45) is 0 Å². The van der Waals surface area contributed by atoms with Crippen LogP contribution in [0.2, 0.25) is 0 Å². The van der Waals surface area contributed by atoms with Gasteiger partial charge in [0.1, 0.15) is 5.60 Å². The molecule has 2 amide bonds. The number of piperidine rings is 1. The summed E-state index contributed by atoms with van der Waals surface area (Å²) >= 11 is 0. The molecule has 1 aliphatic heterocycles. The summed E-state index contributed by atoms with van der Waals surface area (Å²) < 4.78 is 5.32. The molecule has 1 rings (SSSR count). The van der Waals surface area contributed by atoms with Crippen LogP contribution in [0, 0.1) is 0 Å². The SMILES string of the molecule is CC(C)(C)OC(=O)N1CCC[C@](O)(CC(=O)NCCCCO)C1. The third kappa shape index (κ3) is 7.65. The summed E-state index contributed by atoms with van der Waals surface area (Å²) in [5.41, 5.74) is -1.80. The van der Waals surface area contributed by atoms with Crippen LogP contribution in [0.1, 0.15) is 52.9 Å². The Hall–Kier alpha value is -1.34. The first-order chi connectivity index (χ1) is 10.7. The molecule has 0 aromatic carbocycles. The molecule has 1 atom stereocenters. The average Bonchev–Trinajstić information content (AvgIpc) is 2.41. The topological polar surface area (TPSA) is 99.1 Å². The van der Waals surface area contributed by atoms with Crippen LogP contribution in [0.15, 0.2) is 0 Å². The molecule has 0 unspecified atom stereocenters. The number of hydrogen-bond donors (Lipinski definition) is 3. The van der Waals surface area contributed by atoms with Gasteiger partial charge in [-0.05, 0) is 46.5 Å². The minimum Gasteiger partial charge on any atom is -0.444 e. The van der Waals surface area contributed by atoms with Crippen molar-refractivity contribution in [3.63, 3.8) is 0 Å². The van der Waals surface area contributed by atoms with E-state index in [9.17, 15) is 14.7 Å². The van der Waals surface area contributed by atoms with Crippen molar-refractivity contribution in [2.45, 2.75) is 64.1 Å². The molecule has 1 aliphatic rings. The first-order valence-corrected chi connectivity index (χ1v) is 8.23. The van der Waals surface area contributed by atoms with Crippen LogP contribution in [0.3, 0.4) is 0 Å². The van der Waals surface area contributed by atoms with E-state index in [4.69, 9.17) is 9.84 Å². The van der Waals surface area contributed by atoms with Crippen molar-refractivity contribution in [1.82, 2.24) is 10.2 Å². The van der Waals surface area contributed by atoms with Gasteiger partial charge in [-0.15, -0.1) is 0 Å².